The third-order valence-corrected chi connectivity index (χ3v) is 3.91. The highest BCUT2D eigenvalue weighted by Crippen LogP contribution is 2.19. The molecule has 142 valence electrons. The number of benzene rings is 1. The highest BCUT2D eigenvalue weighted by molar-refractivity contribution is 6.24. The van der Waals surface area contributed by atoms with Crippen molar-refractivity contribution in [2.75, 3.05) is 6.54 Å². The molecule has 0 radical (unpaired) electrons. The van der Waals surface area contributed by atoms with E-state index in [1.54, 1.807) is 48.2 Å². The Morgan fingerprint density at radius 1 is 1.04 bits per heavy atom. The van der Waals surface area contributed by atoms with Crippen LogP contribution >= 0.6 is 0 Å². The zero-order valence-corrected chi connectivity index (χ0v) is 14.8. The zero-order chi connectivity index (χ0) is 19.5. The molecule has 0 aliphatic carbocycles. The second-order valence-electron chi connectivity index (χ2n) is 5.95. The van der Waals surface area contributed by atoms with Gasteiger partial charge in [-0.15, -0.1) is 0 Å². The molecule has 0 fully saturated rings. The molecule has 7 heteroatoms. The normalized spacial score (nSPS) is 11.1. The molecule has 27 heavy (non-hydrogen) atoms. The lowest BCUT2D eigenvalue weighted by atomic mass is 10.0. The van der Waals surface area contributed by atoms with Crippen LogP contribution in [0.15, 0.2) is 48.8 Å². The number of carbonyl (C=O) groups excluding carboxylic acids is 2. The number of amides is 2. The van der Waals surface area contributed by atoms with E-state index in [2.05, 4.69) is 10.3 Å². The number of aromatic nitrogens is 1. The molecular weight excluding hydrogens is 349 g/mol. The van der Waals surface area contributed by atoms with E-state index >= 15 is 0 Å². The number of unbranched alkanes of at least 4 members (excludes halogenated alkanes) is 2. The number of halogens is 1. The Kier molecular flexibility index (Phi) is 8.12. The van der Waals surface area contributed by atoms with E-state index in [0.717, 1.165) is 12.0 Å². The first-order chi connectivity index (χ1) is 13.1. The van der Waals surface area contributed by atoms with Crippen molar-refractivity contribution >= 4 is 23.5 Å². The van der Waals surface area contributed by atoms with Crippen LogP contribution in [0.4, 0.5) is 4.39 Å². The lowest BCUT2D eigenvalue weighted by Crippen LogP contribution is -2.25. The maximum atomic E-state index is 13.2. The van der Waals surface area contributed by atoms with Crippen LogP contribution in [-0.4, -0.2) is 28.6 Å². The molecule has 1 aromatic carbocycles. The van der Waals surface area contributed by atoms with Gasteiger partial charge in [0.2, 0.25) is 5.91 Å². The molecule has 2 rings (SSSR count). The van der Waals surface area contributed by atoms with Crippen molar-refractivity contribution in [1.82, 2.24) is 15.8 Å². The van der Waals surface area contributed by atoms with Gasteiger partial charge in [-0.05, 0) is 54.3 Å². The fourth-order valence-corrected chi connectivity index (χ4v) is 2.48. The highest BCUT2D eigenvalue weighted by atomic mass is 19.1. The van der Waals surface area contributed by atoms with E-state index in [9.17, 15) is 14.0 Å². The van der Waals surface area contributed by atoms with Gasteiger partial charge in [-0.2, -0.15) is 0 Å². The standard InChI is InChI=1S/C20H22FN3O3/c21-17-7-5-16(6-8-17)18(14-15-9-12-22-13-10-15)20(26)23-11-3-1-2-4-19(25)24-27/h5-10,12-14,27H,1-4,11H2,(H,23,26)(H,24,25)/b18-14-. The van der Waals surface area contributed by atoms with E-state index in [4.69, 9.17) is 5.21 Å². The van der Waals surface area contributed by atoms with Crippen molar-refractivity contribution in [2.45, 2.75) is 25.7 Å². The predicted molar refractivity (Wildman–Crippen MR) is 99.9 cm³/mol. The third kappa shape index (κ3) is 6.99. The first-order valence-corrected chi connectivity index (χ1v) is 8.69. The molecule has 1 aromatic heterocycles. The van der Waals surface area contributed by atoms with Gasteiger partial charge >= 0.3 is 0 Å². The van der Waals surface area contributed by atoms with E-state index in [0.29, 0.717) is 30.5 Å². The van der Waals surface area contributed by atoms with Gasteiger partial charge in [0, 0.05) is 30.9 Å². The quantitative estimate of drug-likeness (QED) is 0.274. The van der Waals surface area contributed by atoms with E-state index in [1.165, 1.54) is 12.1 Å². The van der Waals surface area contributed by atoms with E-state index < -0.39 is 5.91 Å². The number of carbonyl (C=O) groups is 2. The number of nitrogens with one attached hydrogen (secondary N) is 2. The molecule has 3 N–H and O–H groups in total. The van der Waals surface area contributed by atoms with Gasteiger partial charge in [-0.1, -0.05) is 18.6 Å². The summed E-state index contributed by atoms with van der Waals surface area (Å²) in [6.45, 7) is 0.453. The Morgan fingerprint density at radius 2 is 1.74 bits per heavy atom. The molecule has 0 unspecified atom stereocenters. The van der Waals surface area contributed by atoms with Crippen LogP contribution < -0.4 is 10.8 Å². The van der Waals surface area contributed by atoms with Crippen LogP contribution in [0, 0.1) is 5.82 Å². The lowest BCUT2D eigenvalue weighted by molar-refractivity contribution is -0.129. The third-order valence-electron chi connectivity index (χ3n) is 3.91. The topological polar surface area (TPSA) is 91.3 Å². The zero-order valence-electron chi connectivity index (χ0n) is 14.8. The number of hydrogen-bond acceptors (Lipinski definition) is 4. The van der Waals surface area contributed by atoms with Crippen LogP contribution in [0.25, 0.3) is 11.6 Å². The number of nitrogens with zero attached hydrogens (tertiary/aromatic N) is 1. The summed E-state index contributed by atoms with van der Waals surface area (Å²) in [5.41, 5.74) is 3.45. The Labute approximate surface area is 157 Å². The van der Waals surface area contributed by atoms with Crippen molar-refractivity contribution in [3.63, 3.8) is 0 Å². The van der Waals surface area contributed by atoms with Gasteiger partial charge < -0.3 is 5.32 Å². The van der Waals surface area contributed by atoms with Crippen molar-refractivity contribution in [1.29, 1.82) is 0 Å². The molecule has 0 saturated heterocycles. The lowest BCUT2D eigenvalue weighted by Gasteiger charge is -2.10. The summed E-state index contributed by atoms with van der Waals surface area (Å²) >= 11 is 0. The second kappa shape index (κ2) is 10.8. The van der Waals surface area contributed by atoms with Gasteiger partial charge in [0.05, 0.1) is 0 Å². The number of hydrogen-bond donors (Lipinski definition) is 3. The molecule has 0 aliphatic rings. The monoisotopic (exact) mass is 371 g/mol. The minimum atomic E-state index is -0.419. The summed E-state index contributed by atoms with van der Waals surface area (Å²) in [7, 11) is 0. The Balaban J connectivity index is 1.99. The Morgan fingerprint density at radius 3 is 2.41 bits per heavy atom. The van der Waals surface area contributed by atoms with Gasteiger partial charge in [0.1, 0.15) is 5.82 Å². The average Bonchev–Trinajstić information content (AvgIpc) is 2.70. The average molecular weight is 371 g/mol. The summed E-state index contributed by atoms with van der Waals surface area (Å²) < 4.78 is 13.2. The van der Waals surface area contributed by atoms with Gasteiger partial charge in [0.25, 0.3) is 5.91 Å². The van der Waals surface area contributed by atoms with Crippen LogP contribution in [0.1, 0.15) is 36.8 Å². The number of pyridine rings is 1. The molecule has 2 amide bonds. The molecule has 2 aromatic rings. The SMILES string of the molecule is O=C(CCCCCNC(=O)/C(=C\c1ccncc1)c1ccc(F)cc1)NO. The Bertz CT molecular complexity index is 777. The number of hydroxylamine groups is 1. The molecule has 0 atom stereocenters. The first kappa shape index (κ1) is 20.3. The second-order valence-corrected chi connectivity index (χ2v) is 5.95. The predicted octanol–water partition coefficient (Wildman–Crippen LogP) is 2.94. The molecule has 0 saturated carbocycles. The minimum absolute atomic E-state index is 0.243. The maximum absolute atomic E-state index is 13.2. The minimum Gasteiger partial charge on any atom is -0.352 e. The van der Waals surface area contributed by atoms with Gasteiger partial charge in [-0.25, -0.2) is 9.87 Å². The molecule has 0 aliphatic heterocycles. The van der Waals surface area contributed by atoms with Crippen LogP contribution in [-0.2, 0) is 9.59 Å². The molecular formula is C20H22FN3O3. The highest BCUT2D eigenvalue weighted by Gasteiger charge is 2.12. The summed E-state index contributed by atoms with van der Waals surface area (Å²) in [4.78, 5) is 27.5. The Hall–Kier alpha value is -3.06. The molecule has 0 bridgehead atoms. The maximum Gasteiger partial charge on any atom is 0.251 e. The summed E-state index contributed by atoms with van der Waals surface area (Å²) in [6, 6.07) is 9.32. The largest absolute Gasteiger partial charge is 0.352 e. The summed E-state index contributed by atoms with van der Waals surface area (Å²) in [6.07, 6.45) is 7.32. The molecule has 6 nitrogen and oxygen atoms in total. The van der Waals surface area contributed by atoms with Crippen molar-refractivity contribution in [3.05, 3.63) is 65.7 Å². The van der Waals surface area contributed by atoms with E-state index in [1.807, 2.05) is 0 Å². The fraction of sp³-hybridized carbons (Fsp3) is 0.250. The first-order valence-electron chi connectivity index (χ1n) is 8.69. The van der Waals surface area contributed by atoms with Crippen LogP contribution in [0.3, 0.4) is 0 Å². The van der Waals surface area contributed by atoms with Crippen molar-refractivity contribution in [2.24, 2.45) is 0 Å². The fourth-order valence-electron chi connectivity index (χ4n) is 2.48. The summed E-state index contributed by atoms with van der Waals surface area (Å²) in [5.74, 6) is -1.04. The van der Waals surface area contributed by atoms with E-state index in [-0.39, 0.29) is 18.1 Å². The van der Waals surface area contributed by atoms with Gasteiger partial charge in [-0.3, -0.25) is 19.8 Å². The van der Waals surface area contributed by atoms with Gasteiger partial charge in [0.15, 0.2) is 0 Å². The van der Waals surface area contributed by atoms with Crippen molar-refractivity contribution < 1.29 is 19.2 Å². The smallest absolute Gasteiger partial charge is 0.251 e. The molecule has 0 spiro atoms. The van der Waals surface area contributed by atoms with Crippen LogP contribution in [0.2, 0.25) is 0 Å². The summed E-state index contributed by atoms with van der Waals surface area (Å²) in [5, 5.41) is 11.3. The number of rotatable bonds is 9. The van der Waals surface area contributed by atoms with Crippen LogP contribution in [0.5, 0.6) is 0 Å². The molecule has 1 heterocycles. The van der Waals surface area contributed by atoms with Crippen molar-refractivity contribution in [3.8, 4) is 0 Å².